The molecule has 41 heavy (non-hydrogen) atoms. The van der Waals surface area contributed by atoms with Crippen LogP contribution in [0.3, 0.4) is 0 Å². The van der Waals surface area contributed by atoms with Crippen LogP contribution in [-0.4, -0.2) is 60.0 Å². The number of anilines is 2. The Labute approximate surface area is 237 Å². The van der Waals surface area contributed by atoms with Gasteiger partial charge in [-0.3, -0.25) is 4.79 Å². The average molecular weight is 630 g/mol. The lowest BCUT2D eigenvalue weighted by Crippen LogP contribution is -2.49. The molecule has 0 radical (unpaired) electrons. The van der Waals surface area contributed by atoms with Gasteiger partial charge < -0.3 is 19.7 Å². The molecule has 1 aliphatic rings. The Morgan fingerprint density at radius 3 is 2.37 bits per heavy atom. The third-order valence-corrected chi connectivity index (χ3v) is 7.52. The molecule has 2 aromatic rings. The van der Waals surface area contributed by atoms with Crippen molar-refractivity contribution in [3.63, 3.8) is 0 Å². The van der Waals surface area contributed by atoms with Gasteiger partial charge in [0, 0.05) is 23.4 Å². The molecule has 16 heteroatoms. The van der Waals surface area contributed by atoms with E-state index in [2.05, 4.69) is 9.68 Å². The molecule has 2 aromatic carbocycles. The van der Waals surface area contributed by atoms with Gasteiger partial charge in [-0.1, -0.05) is 17.7 Å². The number of rotatable bonds is 4. The van der Waals surface area contributed by atoms with Crippen molar-refractivity contribution in [1.29, 1.82) is 0 Å². The molecule has 0 aromatic heterocycles. The highest BCUT2D eigenvalue weighted by Crippen LogP contribution is 2.40. The molecular weight excluding hydrogens is 604 g/mol. The molecule has 1 fully saturated rings. The van der Waals surface area contributed by atoms with E-state index in [0.717, 1.165) is 11.0 Å². The maximum Gasteiger partial charge on any atom is 0.442 e. The van der Waals surface area contributed by atoms with Crippen molar-refractivity contribution in [3.05, 3.63) is 52.5 Å². The second kappa shape index (κ2) is 11.7. The molecule has 0 saturated carbocycles. The van der Waals surface area contributed by atoms with Crippen LogP contribution in [0.25, 0.3) is 0 Å². The summed E-state index contributed by atoms with van der Waals surface area (Å²) in [5.74, 6) is -1.01. The Bertz CT molecular complexity index is 1450. The summed E-state index contributed by atoms with van der Waals surface area (Å²) in [5.41, 5.74) is -3.09. The van der Waals surface area contributed by atoms with Crippen molar-refractivity contribution in [1.82, 2.24) is 0 Å². The van der Waals surface area contributed by atoms with Crippen LogP contribution in [0.2, 0.25) is 5.02 Å². The second-order valence-corrected chi connectivity index (χ2v) is 12.7. The number of nitrogens with zero attached hydrogens (tertiary/aromatic N) is 2. The average Bonchev–Trinajstić information content (AvgIpc) is 2.81. The molecule has 1 N–H and O–H groups in total. The third kappa shape index (κ3) is 8.49. The Hall–Kier alpha value is -3.04. The second-order valence-electron chi connectivity index (χ2n) is 10.1. The summed E-state index contributed by atoms with van der Waals surface area (Å²) in [5, 5.41) is 1.59. The highest BCUT2D eigenvalue weighted by molar-refractivity contribution is 7.93. The topological polar surface area (TPSA) is 97.3 Å². The van der Waals surface area contributed by atoms with E-state index < -0.39 is 80.8 Å². The van der Waals surface area contributed by atoms with E-state index in [-0.39, 0.29) is 17.1 Å². The maximum atomic E-state index is 13.6. The molecule has 3 rings (SSSR count). The molecule has 2 atom stereocenters. The first-order chi connectivity index (χ1) is 18.7. The SMILES string of the molecule is CC(C)(C)OC(=O)N=[S@](C)(=O)c1cccc(NC(=O)c2cc(Cl)c(C(F)(F)F)cc2N2CCOC(C(F)(F)F)C2)c1. The predicted molar refractivity (Wildman–Crippen MR) is 140 cm³/mol. The van der Waals surface area contributed by atoms with E-state index in [1.54, 1.807) is 20.8 Å². The lowest BCUT2D eigenvalue weighted by Gasteiger charge is -2.36. The number of hydrogen-bond acceptors (Lipinski definition) is 6. The van der Waals surface area contributed by atoms with E-state index in [0.29, 0.717) is 6.07 Å². The van der Waals surface area contributed by atoms with Crippen LogP contribution in [-0.2, 0) is 25.4 Å². The van der Waals surface area contributed by atoms with Gasteiger partial charge in [0.25, 0.3) is 5.91 Å². The van der Waals surface area contributed by atoms with Crippen LogP contribution in [0.4, 0.5) is 42.5 Å². The van der Waals surface area contributed by atoms with E-state index >= 15 is 0 Å². The van der Waals surface area contributed by atoms with Crippen LogP contribution >= 0.6 is 11.6 Å². The van der Waals surface area contributed by atoms with E-state index in [1.165, 1.54) is 30.5 Å². The summed E-state index contributed by atoms with van der Waals surface area (Å²) in [6, 6.07) is 6.59. The number of carbonyl (C=O) groups excluding carboxylic acids is 2. The fourth-order valence-corrected chi connectivity index (χ4v) is 5.15. The predicted octanol–water partition coefficient (Wildman–Crippen LogP) is 6.77. The number of ether oxygens (including phenoxy) is 2. The van der Waals surface area contributed by atoms with Gasteiger partial charge in [-0.25, -0.2) is 9.00 Å². The fraction of sp³-hybridized carbons (Fsp3) is 0.440. The summed E-state index contributed by atoms with van der Waals surface area (Å²) in [6.45, 7) is 3.23. The molecule has 226 valence electrons. The van der Waals surface area contributed by atoms with Crippen molar-refractivity contribution < 1.29 is 49.6 Å². The lowest BCUT2D eigenvalue weighted by atomic mass is 10.0. The van der Waals surface area contributed by atoms with Gasteiger partial charge >= 0.3 is 18.4 Å². The van der Waals surface area contributed by atoms with Gasteiger partial charge in [-0.15, -0.1) is 4.36 Å². The first-order valence-electron chi connectivity index (χ1n) is 11.9. The molecule has 0 bridgehead atoms. The summed E-state index contributed by atoms with van der Waals surface area (Å²) < 4.78 is 107. The van der Waals surface area contributed by atoms with E-state index in [9.17, 15) is 40.1 Å². The molecular formula is C25H26ClF6N3O5S. The Morgan fingerprint density at radius 1 is 1.12 bits per heavy atom. The number of nitrogens with one attached hydrogen (secondary N) is 1. The maximum absolute atomic E-state index is 13.6. The van der Waals surface area contributed by atoms with Gasteiger partial charge in [-0.05, 0) is 51.1 Å². The summed E-state index contributed by atoms with van der Waals surface area (Å²) in [4.78, 5) is 26.3. The smallest absolute Gasteiger partial charge is 0.442 e. The van der Waals surface area contributed by atoms with Crippen LogP contribution in [0.1, 0.15) is 36.7 Å². The van der Waals surface area contributed by atoms with Crippen molar-refractivity contribution in [2.45, 2.75) is 49.7 Å². The van der Waals surface area contributed by atoms with Gasteiger partial charge in [0.1, 0.15) is 5.60 Å². The first-order valence-corrected chi connectivity index (χ1v) is 14.2. The molecule has 8 nitrogen and oxygen atoms in total. The minimum atomic E-state index is -4.95. The largest absolute Gasteiger partial charge is 0.442 e. The highest BCUT2D eigenvalue weighted by Gasteiger charge is 2.44. The van der Waals surface area contributed by atoms with Crippen LogP contribution < -0.4 is 10.2 Å². The van der Waals surface area contributed by atoms with Gasteiger partial charge in [-0.2, -0.15) is 26.3 Å². The zero-order valence-electron chi connectivity index (χ0n) is 22.2. The molecule has 1 unspecified atom stereocenters. The summed E-state index contributed by atoms with van der Waals surface area (Å²) >= 11 is 5.84. The molecule has 0 spiro atoms. The highest BCUT2D eigenvalue weighted by atomic mass is 35.5. The van der Waals surface area contributed by atoms with Crippen LogP contribution in [0.15, 0.2) is 45.7 Å². The van der Waals surface area contributed by atoms with E-state index in [1.807, 2.05) is 0 Å². The zero-order valence-corrected chi connectivity index (χ0v) is 23.7. The van der Waals surface area contributed by atoms with Crippen molar-refractivity contribution in [2.75, 3.05) is 36.2 Å². The molecule has 1 aliphatic heterocycles. The standard InChI is InChI=1S/C25H26ClF6N3O5S/c1-23(2,3)40-22(37)34-41(4,38)15-7-5-6-14(10-15)33-21(36)16-11-18(26)17(24(27,28)29)12-19(16)35-8-9-39-20(13-35)25(30,31)32/h5-7,10-12,20H,8-9,13H2,1-4H3,(H,33,36)/t20?,41-/m1/s1. The molecule has 1 heterocycles. The Kier molecular flexibility index (Phi) is 9.25. The molecule has 2 amide bonds. The Morgan fingerprint density at radius 2 is 1.78 bits per heavy atom. The summed E-state index contributed by atoms with van der Waals surface area (Å²) in [7, 11) is -3.35. The minimum Gasteiger partial charge on any atom is -0.442 e. The van der Waals surface area contributed by atoms with Crippen molar-refractivity contribution >= 4 is 44.7 Å². The first kappa shape index (κ1) is 32.5. The number of benzene rings is 2. The van der Waals surface area contributed by atoms with Crippen molar-refractivity contribution in [2.24, 2.45) is 4.36 Å². The molecule has 0 aliphatic carbocycles. The van der Waals surface area contributed by atoms with Gasteiger partial charge in [0.05, 0.1) is 44.7 Å². The number of alkyl halides is 6. The lowest BCUT2D eigenvalue weighted by molar-refractivity contribution is -0.221. The normalized spacial score (nSPS) is 17.9. The quantitative estimate of drug-likeness (QED) is 0.375. The van der Waals surface area contributed by atoms with Gasteiger partial charge in [0.15, 0.2) is 6.10 Å². The number of halogens is 7. The van der Waals surface area contributed by atoms with E-state index in [4.69, 9.17) is 21.1 Å². The number of morpholine rings is 1. The monoisotopic (exact) mass is 629 g/mol. The van der Waals surface area contributed by atoms with Crippen LogP contribution in [0, 0.1) is 0 Å². The summed E-state index contributed by atoms with van der Waals surface area (Å²) in [6.07, 6.45) is -11.9. The van der Waals surface area contributed by atoms with Crippen molar-refractivity contribution in [3.8, 4) is 0 Å². The minimum absolute atomic E-state index is 0.0126. The van der Waals surface area contributed by atoms with Crippen LogP contribution in [0.5, 0.6) is 0 Å². The fourth-order valence-electron chi connectivity index (χ4n) is 3.77. The zero-order chi connectivity index (χ0) is 31.0. The van der Waals surface area contributed by atoms with Gasteiger partial charge in [0.2, 0.25) is 0 Å². The number of hydrogen-bond donors (Lipinski definition) is 1. The number of carbonyl (C=O) groups is 2. The third-order valence-electron chi connectivity index (χ3n) is 5.58. The molecule has 1 saturated heterocycles. The Balaban J connectivity index is 1.99. The number of amides is 2.